The average Bonchev–Trinajstić information content (AvgIpc) is 3.00. The van der Waals surface area contributed by atoms with E-state index in [2.05, 4.69) is 30.6 Å². The van der Waals surface area contributed by atoms with Crippen molar-refractivity contribution in [1.29, 1.82) is 0 Å². The number of carbonyl (C=O) groups is 1. The fourth-order valence-corrected chi connectivity index (χ4v) is 5.05. The van der Waals surface area contributed by atoms with Crippen LogP contribution in [-0.2, 0) is 7.05 Å². The SMILES string of the molecule is C=C/C(=C\C=C(/CC)n1c(=O)c2cc(OCCN(CC)CCC)ccc2n(C)c1=O)CC(C)NC(=O)c1c(O)cccc1O. The first-order chi connectivity index (χ1) is 21.1. The molecule has 3 rings (SSSR count). The maximum Gasteiger partial charge on any atom is 0.335 e. The molecule has 0 saturated carbocycles. The molecule has 236 valence electrons. The van der Waals surface area contributed by atoms with Crippen LogP contribution in [0.5, 0.6) is 17.2 Å². The molecule has 1 aromatic heterocycles. The molecular weight excluding hydrogens is 560 g/mol. The lowest BCUT2D eigenvalue weighted by atomic mass is 10.1. The molecule has 0 saturated heterocycles. The minimum absolute atomic E-state index is 0.198. The second-order valence-electron chi connectivity index (χ2n) is 10.7. The standard InChI is InChI=1S/C34H44N4O6/c1-7-18-37(10-4)19-20-44-26-16-17-28-27(22-26)33(42)38(34(43)36(28)6)25(9-3)15-14-24(8-2)21-23(5)35-32(41)31-29(39)12-11-13-30(31)40/h8,11-17,22-23,39-40H,2,7,9-10,18-21H2,1,3-6H3,(H,35,41)/b24-14+,25-15+. The second kappa shape index (κ2) is 15.8. The zero-order valence-electron chi connectivity index (χ0n) is 26.3. The zero-order valence-corrected chi connectivity index (χ0v) is 26.3. The van der Waals surface area contributed by atoms with Crippen LogP contribution in [0.4, 0.5) is 0 Å². The molecule has 0 aliphatic carbocycles. The van der Waals surface area contributed by atoms with Gasteiger partial charge in [0, 0.05) is 25.3 Å². The number of carbonyl (C=O) groups excluding carboxylic acids is 1. The molecular formula is C34H44N4O6. The molecule has 0 aliphatic rings. The molecule has 1 amide bonds. The van der Waals surface area contributed by atoms with Crippen LogP contribution in [-0.4, -0.2) is 62.4 Å². The Bertz CT molecular complexity index is 1650. The number of aromatic hydroxyl groups is 2. The molecule has 0 radical (unpaired) electrons. The number of fused-ring (bicyclic) bond motifs is 1. The molecule has 0 bridgehead atoms. The second-order valence-corrected chi connectivity index (χ2v) is 10.7. The summed E-state index contributed by atoms with van der Waals surface area (Å²) in [6.07, 6.45) is 6.95. The first-order valence-electron chi connectivity index (χ1n) is 15.0. The highest BCUT2D eigenvalue weighted by Gasteiger charge is 2.18. The van der Waals surface area contributed by atoms with E-state index >= 15 is 0 Å². The van der Waals surface area contributed by atoms with Gasteiger partial charge in [0.05, 0.1) is 10.9 Å². The normalized spacial score (nSPS) is 12.9. The monoisotopic (exact) mass is 604 g/mol. The molecule has 10 nitrogen and oxygen atoms in total. The number of phenolic OH excluding ortho intramolecular Hbond substituents is 2. The van der Waals surface area contributed by atoms with Crippen molar-refractivity contribution >= 4 is 22.5 Å². The van der Waals surface area contributed by atoms with Crippen LogP contribution in [0.2, 0.25) is 0 Å². The van der Waals surface area contributed by atoms with Crippen molar-refractivity contribution in [2.45, 2.75) is 53.0 Å². The topological polar surface area (TPSA) is 126 Å². The average molecular weight is 605 g/mol. The lowest BCUT2D eigenvalue weighted by Gasteiger charge is -2.19. The molecule has 10 heteroatoms. The highest BCUT2D eigenvalue weighted by atomic mass is 16.5. The van der Waals surface area contributed by atoms with E-state index in [1.807, 2.05) is 6.92 Å². The van der Waals surface area contributed by atoms with Gasteiger partial charge in [0.25, 0.3) is 11.5 Å². The predicted octanol–water partition coefficient (Wildman–Crippen LogP) is 4.79. The van der Waals surface area contributed by atoms with Crippen LogP contribution < -0.4 is 21.3 Å². The molecule has 44 heavy (non-hydrogen) atoms. The number of aryl methyl sites for hydroxylation is 1. The van der Waals surface area contributed by atoms with Crippen LogP contribution in [0.1, 0.15) is 57.3 Å². The number of nitrogens with one attached hydrogen (secondary N) is 1. The van der Waals surface area contributed by atoms with Gasteiger partial charge in [0.15, 0.2) is 0 Å². The Balaban J connectivity index is 1.87. The van der Waals surface area contributed by atoms with Crippen LogP contribution in [0, 0.1) is 0 Å². The molecule has 0 spiro atoms. The number of amides is 1. The Labute approximate surface area is 258 Å². The number of allylic oxidation sites excluding steroid dienone is 4. The number of hydrogen-bond acceptors (Lipinski definition) is 7. The number of likely N-dealkylation sites (N-methyl/N-ethyl adjacent to an activating group) is 1. The molecule has 3 aromatic rings. The Morgan fingerprint density at radius 2 is 1.80 bits per heavy atom. The van der Waals surface area contributed by atoms with Gasteiger partial charge < -0.3 is 25.2 Å². The van der Waals surface area contributed by atoms with E-state index in [-0.39, 0.29) is 23.1 Å². The van der Waals surface area contributed by atoms with Gasteiger partial charge in [-0.1, -0.05) is 45.6 Å². The summed E-state index contributed by atoms with van der Waals surface area (Å²) in [5.41, 5.74) is 0.672. The number of benzene rings is 2. The first-order valence-corrected chi connectivity index (χ1v) is 15.0. The number of phenols is 2. The van der Waals surface area contributed by atoms with E-state index in [4.69, 9.17) is 4.74 Å². The molecule has 2 aromatic carbocycles. The van der Waals surface area contributed by atoms with Gasteiger partial charge in [-0.25, -0.2) is 9.36 Å². The Morgan fingerprint density at radius 3 is 2.41 bits per heavy atom. The zero-order chi connectivity index (χ0) is 32.4. The highest BCUT2D eigenvalue weighted by molar-refractivity contribution is 5.99. The molecule has 1 atom stereocenters. The summed E-state index contributed by atoms with van der Waals surface area (Å²) in [5.74, 6) is -0.683. The Morgan fingerprint density at radius 1 is 1.09 bits per heavy atom. The third-order valence-corrected chi connectivity index (χ3v) is 7.47. The van der Waals surface area contributed by atoms with Crippen molar-refractivity contribution in [3.63, 3.8) is 0 Å². The van der Waals surface area contributed by atoms with Gasteiger partial charge in [-0.05, 0) is 81.3 Å². The highest BCUT2D eigenvalue weighted by Crippen LogP contribution is 2.26. The summed E-state index contributed by atoms with van der Waals surface area (Å²) in [7, 11) is 1.63. The van der Waals surface area contributed by atoms with E-state index in [0.29, 0.717) is 41.8 Å². The van der Waals surface area contributed by atoms with Gasteiger partial charge >= 0.3 is 5.69 Å². The van der Waals surface area contributed by atoms with Crippen molar-refractivity contribution in [1.82, 2.24) is 19.4 Å². The van der Waals surface area contributed by atoms with Gasteiger partial charge in [0.1, 0.15) is 29.4 Å². The number of hydrogen-bond donors (Lipinski definition) is 3. The Hall–Kier alpha value is -4.57. The van der Waals surface area contributed by atoms with Gasteiger partial charge in [0.2, 0.25) is 0 Å². The number of rotatable bonds is 15. The van der Waals surface area contributed by atoms with E-state index < -0.39 is 17.2 Å². The fourth-order valence-electron chi connectivity index (χ4n) is 5.05. The summed E-state index contributed by atoms with van der Waals surface area (Å²) in [5, 5.41) is 23.1. The largest absolute Gasteiger partial charge is 0.507 e. The fraction of sp³-hybridized carbons (Fsp3) is 0.382. The van der Waals surface area contributed by atoms with Crippen LogP contribution in [0.15, 0.2) is 76.4 Å². The Kier molecular flexibility index (Phi) is 12.2. The summed E-state index contributed by atoms with van der Waals surface area (Å²) in [6.45, 7) is 15.0. The maximum atomic E-state index is 13.7. The van der Waals surface area contributed by atoms with Crippen molar-refractivity contribution in [3.8, 4) is 17.2 Å². The number of nitrogens with zero attached hydrogens (tertiary/aromatic N) is 3. The number of aromatic nitrogens is 2. The van der Waals surface area contributed by atoms with Crippen LogP contribution >= 0.6 is 0 Å². The molecule has 0 fully saturated rings. The maximum absolute atomic E-state index is 13.7. The van der Waals surface area contributed by atoms with Crippen LogP contribution in [0.3, 0.4) is 0 Å². The minimum Gasteiger partial charge on any atom is -0.507 e. The smallest absolute Gasteiger partial charge is 0.335 e. The lowest BCUT2D eigenvalue weighted by molar-refractivity contribution is 0.0934. The van der Waals surface area contributed by atoms with Crippen molar-refractivity contribution in [3.05, 3.63) is 93.2 Å². The van der Waals surface area contributed by atoms with E-state index in [1.165, 1.54) is 27.3 Å². The number of ether oxygens (including phenoxy) is 1. The third kappa shape index (κ3) is 8.08. The van der Waals surface area contributed by atoms with E-state index in [0.717, 1.165) is 31.6 Å². The molecule has 0 aliphatic heterocycles. The first kappa shape index (κ1) is 33.9. The van der Waals surface area contributed by atoms with Crippen molar-refractivity contribution in [2.75, 3.05) is 26.2 Å². The van der Waals surface area contributed by atoms with Gasteiger partial charge in [-0.15, -0.1) is 0 Å². The van der Waals surface area contributed by atoms with E-state index in [9.17, 15) is 24.6 Å². The summed E-state index contributed by atoms with van der Waals surface area (Å²) >= 11 is 0. The third-order valence-electron chi connectivity index (χ3n) is 7.47. The summed E-state index contributed by atoms with van der Waals surface area (Å²) in [6, 6.07) is 8.91. The summed E-state index contributed by atoms with van der Waals surface area (Å²) in [4.78, 5) is 42.0. The van der Waals surface area contributed by atoms with Crippen molar-refractivity contribution in [2.24, 2.45) is 7.05 Å². The minimum atomic E-state index is -0.612. The van der Waals surface area contributed by atoms with Gasteiger partial charge in [-0.3, -0.25) is 14.2 Å². The van der Waals surface area contributed by atoms with Crippen LogP contribution in [0.25, 0.3) is 16.6 Å². The molecule has 3 N–H and O–H groups in total. The predicted molar refractivity (Wildman–Crippen MR) is 176 cm³/mol. The van der Waals surface area contributed by atoms with E-state index in [1.54, 1.807) is 50.4 Å². The quantitative estimate of drug-likeness (QED) is 0.213. The van der Waals surface area contributed by atoms with Crippen molar-refractivity contribution < 1.29 is 19.7 Å². The lowest BCUT2D eigenvalue weighted by Crippen LogP contribution is -2.38. The molecule has 1 heterocycles. The summed E-state index contributed by atoms with van der Waals surface area (Å²) < 4.78 is 8.60. The van der Waals surface area contributed by atoms with Gasteiger partial charge in [-0.2, -0.15) is 0 Å². The molecule has 1 unspecified atom stereocenters.